The molecule has 0 aliphatic heterocycles. The Kier molecular flexibility index (Phi) is 5.20. The van der Waals surface area contributed by atoms with E-state index in [1.165, 1.54) is 14.9 Å². The number of nitrogens with one attached hydrogen (secondary N) is 1. The van der Waals surface area contributed by atoms with Crippen LogP contribution in [-0.4, -0.2) is 0 Å². The minimum absolute atomic E-state index is 0.324. The van der Waals surface area contributed by atoms with Gasteiger partial charge in [-0.2, -0.15) is 0 Å². The van der Waals surface area contributed by atoms with Gasteiger partial charge in [-0.3, -0.25) is 0 Å². The third kappa shape index (κ3) is 3.68. The lowest BCUT2D eigenvalue weighted by molar-refractivity contribution is 0.379. The molecule has 1 unspecified atom stereocenters. The van der Waals surface area contributed by atoms with Crippen LogP contribution in [0.2, 0.25) is 0 Å². The average molecular weight is 338 g/mol. The first-order valence-corrected chi connectivity index (χ1v) is 8.30. The number of halogens is 1. The monoisotopic (exact) mass is 337 g/mol. The average Bonchev–Trinajstić information content (AvgIpc) is 2.89. The highest BCUT2D eigenvalue weighted by Crippen LogP contribution is 2.30. The van der Waals surface area contributed by atoms with Crippen molar-refractivity contribution in [2.45, 2.75) is 32.9 Å². The van der Waals surface area contributed by atoms with Gasteiger partial charge in [0, 0.05) is 21.4 Å². The highest BCUT2D eigenvalue weighted by Gasteiger charge is 2.20. The van der Waals surface area contributed by atoms with Crippen molar-refractivity contribution < 1.29 is 0 Å². The van der Waals surface area contributed by atoms with E-state index in [-0.39, 0.29) is 0 Å². The van der Waals surface area contributed by atoms with Crippen LogP contribution in [0.5, 0.6) is 0 Å². The van der Waals surface area contributed by atoms with E-state index in [0.717, 1.165) is 0 Å². The van der Waals surface area contributed by atoms with Gasteiger partial charge >= 0.3 is 0 Å². The summed E-state index contributed by atoms with van der Waals surface area (Å²) in [5.41, 5.74) is 1.31. The molecule has 2 rings (SSSR count). The van der Waals surface area contributed by atoms with Crippen LogP contribution in [0.25, 0.3) is 0 Å². The quantitative estimate of drug-likeness (QED) is 0.753. The Balaban J connectivity index is 2.16. The van der Waals surface area contributed by atoms with Crippen LogP contribution in [0.3, 0.4) is 0 Å². The van der Waals surface area contributed by atoms with Gasteiger partial charge in [0.25, 0.3) is 0 Å². The SMILES string of the molecule is CC(C)C(N[C@@H](C)c1ccccc1Br)c1cccs1. The predicted molar refractivity (Wildman–Crippen MR) is 87.6 cm³/mol. The van der Waals surface area contributed by atoms with Gasteiger partial charge in [0.1, 0.15) is 0 Å². The van der Waals surface area contributed by atoms with Gasteiger partial charge in [0.2, 0.25) is 0 Å². The molecule has 0 aliphatic carbocycles. The summed E-state index contributed by atoms with van der Waals surface area (Å²) in [6.45, 7) is 6.76. The molecule has 19 heavy (non-hydrogen) atoms. The molecule has 3 heteroatoms. The molecular weight excluding hydrogens is 318 g/mol. The van der Waals surface area contributed by atoms with E-state index in [1.54, 1.807) is 0 Å². The van der Waals surface area contributed by atoms with Crippen molar-refractivity contribution in [1.82, 2.24) is 5.32 Å². The second kappa shape index (κ2) is 6.69. The Morgan fingerprint density at radius 1 is 1.05 bits per heavy atom. The smallest absolute Gasteiger partial charge is 0.0442 e. The fourth-order valence-electron chi connectivity index (χ4n) is 2.26. The third-order valence-electron chi connectivity index (χ3n) is 3.32. The summed E-state index contributed by atoms with van der Waals surface area (Å²) in [4.78, 5) is 1.41. The van der Waals surface area contributed by atoms with Crippen LogP contribution in [0.15, 0.2) is 46.3 Å². The number of rotatable bonds is 5. The fraction of sp³-hybridized carbons (Fsp3) is 0.375. The summed E-state index contributed by atoms with van der Waals surface area (Å²) in [5.74, 6) is 0.573. The zero-order valence-corrected chi connectivity index (χ0v) is 14.0. The molecule has 0 bridgehead atoms. The van der Waals surface area contributed by atoms with E-state index in [9.17, 15) is 0 Å². The maximum Gasteiger partial charge on any atom is 0.0442 e. The maximum atomic E-state index is 3.76. The highest BCUT2D eigenvalue weighted by atomic mass is 79.9. The van der Waals surface area contributed by atoms with Crippen molar-refractivity contribution in [3.63, 3.8) is 0 Å². The van der Waals surface area contributed by atoms with E-state index in [2.05, 4.69) is 83.8 Å². The maximum absolute atomic E-state index is 3.76. The molecule has 0 saturated heterocycles. The normalized spacial score (nSPS) is 14.6. The molecule has 0 aliphatic rings. The first-order valence-electron chi connectivity index (χ1n) is 6.63. The van der Waals surface area contributed by atoms with Crippen molar-refractivity contribution in [3.05, 3.63) is 56.7 Å². The lowest BCUT2D eigenvalue weighted by Crippen LogP contribution is -2.28. The number of benzene rings is 1. The summed E-state index contributed by atoms with van der Waals surface area (Å²) in [6.07, 6.45) is 0. The summed E-state index contributed by atoms with van der Waals surface area (Å²) in [6, 6.07) is 13.5. The summed E-state index contributed by atoms with van der Waals surface area (Å²) in [5, 5.41) is 5.90. The van der Waals surface area contributed by atoms with Gasteiger partial charge < -0.3 is 5.32 Å². The van der Waals surface area contributed by atoms with Gasteiger partial charge in [0.05, 0.1) is 0 Å². The molecule has 0 fully saturated rings. The Hall–Kier alpha value is -0.640. The van der Waals surface area contributed by atoms with Crippen molar-refractivity contribution >= 4 is 27.3 Å². The Labute approximate surface area is 128 Å². The molecule has 0 spiro atoms. The van der Waals surface area contributed by atoms with E-state index >= 15 is 0 Å². The molecule has 1 nitrogen and oxygen atoms in total. The van der Waals surface area contributed by atoms with Crippen LogP contribution in [-0.2, 0) is 0 Å². The molecule has 0 radical (unpaired) electrons. The standard InChI is InChI=1S/C16H20BrNS/c1-11(2)16(15-9-6-10-19-15)18-12(3)13-7-4-5-8-14(13)17/h4-12,16,18H,1-3H3/t12-,16?/m0/s1. The lowest BCUT2D eigenvalue weighted by atomic mass is 10.00. The van der Waals surface area contributed by atoms with Crippen LogP contribution in [0, 0.1) is 5.92 Å². The second-order valence-electron chi connectivity index (χ2n) is 5.15. The van der Waals surface area contributed by atoms with E-state index in [0.29, 0.717) is 18.0 Å². The van der Waals surface area contributed by atoms with Crippen LogP contribution in [0.4, 0.5) is 0 Å². The molecule has 102 valence electrons. The molecule has 1 N–H and O–H groups in total. The minimum atomic E-state index is 0.324. The fourth-order valence-corrected chi connectivity index (χ4v) is 3.84. The summed E-state index contributed by atoms with van der Waals surface area (Å²) >= 11 is 5.46. The molecule has 1 aromatic carbocycles. The molecule has 0 saturated carbocycles. The van der Waals surface area contributed by atoms with E-state index in [1.807, 2.05) is 11.3 Å². The Morgan fingerprint density at radius 3 is 2.37 bits per heavy atom. The zero-order chi connectivity index (χ0) is 13.8. The lowest BCUT2D eigenvalue weighted by Gasteiger charge is -2.26. The highest BCUT2D eigenvalue weighted by molar-refractivity contribution is 9.10. The van der Waals surface area contributed by atoms with E-state index in [4.69, 9.17) is 0 Å². The first-order chi connectivity index (χ1) is 9.09. The largest absolute Gasteiger partial charge is 0.302 e. The van der Waals surface area contributed by atoms with Crippen molar-refractivity contribution in [2.75, 3.05) is 0 Å². The molecule has 0 amide bonds. The Morgan fingerprint density at radius 2 is 1.79 bits per heavy atom. The van der Waals surface area contributed by atoms with Crippen molar-refractivity contribution in [3.8, 4) is 0 Å². The second-order valence-corrected chi connectivity index (χ2v) is 6.98. The molecule has 2 atom stereocenters. The van der Waals surface area contributed by atoms with E-state index < -0.39 is 0 Å². The van der Waals surface area contributed by atoms with Gasteiger partial charge in [-0.15, -0.1) is 11.3 Å². The third-order valence-corrected chi connectivity index (χ3v) is 5.00. The van der Waals surface area contributed by atoms with Crippen LogP contribution in [0.1, 0.15) is 43.3 Å². The van der Waals surface area contributed by atoms with Crippen LogP contribution < -0.4 is 5.32 Å². The topological polar surface area (TPSA) is 12.0 Å². The summed E-state index contributed by atoms with van der Waals surface area (Å²) < 4.78 is 1.17. The molecular formula is C16H20BrNS. The minimum Gasteiger partial charge on any atom is -0.302 e. The van der Waals surface area contributed by atoms with Crippen LogP contribution >= 0.6 is 27.3 Å². The number of hydrogen-bond donors (Lipinski definition) is 1. The van der Waals surface area contributed by atoms with Crippen molar-refractivity contribution in [1.29, 1.82) is 0 Å². The zero-order valence-electron chi connectivity index (χ0n) is 11.6. The summed E-state index contributed by atoms with van der Waals surface area (Å²) in [7, 11) is 0. The van der Waals surface area contributed by atoms with Gasteiger partial charge in [-0.05, 0) is 35.9 Å². The molecule has 1 heterocycles. The number of hydrogen-bond acceptors (Lipinski definition) is 2. The Bertz CT molecular complexity index is 507. The van der Waals surface area contributed by atoms with Gasteiger partial charge in [0.15, 0.2) is 0 Å². The first kappa shape index (κ1) is 14.8. The van der Waals surface area contributed by atoms with Crippen molar-refractivity contribution in [2.24, 2.45) is 5.92 Å². The number of thiophene rings is 1. The molecule has 2 aromatic rings. The van der Waals surface area contributed by atoms with Gasteiger partial charge in [-0.1, -0.05) is 54.0 Å². The predicted octanol–water partition coefficient (Wildman–Crippen LogP) is 5.56. The van der Waals surface area contributed by atoms with Gasteiger partial charge in [-0.25, -0.2) is 0 Å². The molecule has 1 aromatic heterocycles.